The molecular weight excluding hydrogens is 1230 g/mol. The van der Waals surface area contributed by atoms with Gasteiger partial charge in [0.05, 0.1) is 26.4 Å². The van der Waals surface area contributed by atoms with Crippen molar-refractivity contribution >= 4 is 39.5 Å². The van der Waals surface area contributed by atoms with E-state index in [0.717, 1.165) is 167 Å². The molecule has 548 valence electrons. The predicted octanol–water partition coefficient (Wildman–Crippen LogP) is 21.1. The highest BCUT2D eigenvalue weighted by atomic mass is 31.2. The van der Waals surface area contributed by atoms with Crippen molar-refractivity contribution in [1.82, 2.24) is 0 Å². The van der Waals surface area contributed by atoms with Crippen LogP contribution in [0.1, 0.15) is 336 Å². The molecule has 0 aliphatic rings. The topological polar surface area (TPSA) is 237 Å². The van der Waals surface area contributed by atoms with Gasteiger partial charge in [-0.1, -0.05) is 268 Å². The van der Waals surface area contributed by atoms with E-state index in [1.54, 1.807) is 0 Å². The minimum absolute atomic E-state index is 0.0853. The minimum Gasteiger partial charge on any atom is -0.462 e. The molecule has 3 N–H and O–H groups in total. The van der Waals surface area contributed by atoms with Crippen LogP contribution in [0.4, 0.5) is 0 Å². The molecule has 0 saturated heterocycles. The van der Waals surface area contributed by atoms with Crippen molar-refractivity contribution in [2.45, 2.75) is 354 Å². The fourth-order valence-electron chi connectivity index (χ4n) is 10.2. The number of carbonyl (C=O) groups is 4. The largest absolute Gasteiger partial charge is 0.472 e. The standard InChI is InChI=1S/C75H136O17P2/c1-5-9-13-17-21-25-29-31-33-34-36-38-42-44-48-52-56-60-73(78)86-66-71(92-75(80)62-58-54-50-46-40-28-24-20-16-12-8-4)68-90-94(83,84)88-64-69(76)63-87-93(81,82)89-67-70(91-74(79)61-57-53-49-45-39-27-23-19-15-11-7-3)65-85-72(77)59-55-51-47-43-41-37-35-32-30-26-22-18-14-10-6-2/h9,13,20-21,24-25,31-33,35,69-71,76H,5-8,10-12,14-19,22-23,26-30,34,36-68H2,1-4H3,(H,81,82)(H,83,84)/b13-9-,24-20-,25-21-,33-31-,35-32-. The van der Waals surface area contributed by atoms with E-state index in [9.17, 15) is 43.2 Å². The Kier molecular flexibility index (Phi) is 65.9. The number of allylic oxidation sites excluding steroid dienone is 10. The van der Waals surface area contributed by atoms with Crippen LogP contribution in [0.25, 0.3) is 0 Å². The number of hydrogen-bond donors (Lipinski definition) is 3. The third-order valence-electron chi connectivity index (χ3n) is 16.0. The zero-order valence-electron chi connectivity index (χ0n) is 59.6. The van der Waals surface area contributed by atoms with Crippen LogP contribution in [0.2, 0.25) is 0 Å². The van der Waals surface area contributed by atoms with Gasteiger partial charge in [-0.3, -0.25) is 37.3 Å². The Balaban J connectivity index is 5.27. The second-order valence-electron chi connectivity index (χ2n) is 25.2. The summed E-state index contributed by atoms with van der Waals surface area (Å²) in [7, 11) is -9.93. The van der Waals surface area contributed by atoms with Crippen molar-refractivity contribution in [3.05, 3.63) is 60.8 Å². The van der Waals surface area contributed by atoms with E-state index in [0.29, 0.717) is 25.7 Å². The van der Waals surface area contributed by atoms with E-state index in [-0.39, 0.29) is 25.7 Å². The quantitative estimate of drug-likeness (QED) is 0.0169. The first-order chi connectivity index (χ1) is 45.7. The smallest absolute Gasteiger partial charge is 0.462 e. The highest BCUT2D eigenvalue weighted by Gasteiger charge is 2.30. The molecule has 0 aliphatic carbocycles. The lowest BCUT2D eigenvalue weighted by Gasteiger charge is -2.21. The third-order valence-corrected chi connectivity index (χ3v) is 17.9. The van der Waals surface area contributed by atoms with Gasteiger partial charge in [0, 0.05) is 25.7 Å². The van der Waals surface area contributed by atoms with Gasteiger partial charge in [0.2, 0.25) is 0 Å². The highest BCUT2D eigenvalue weighted by Crippen LogP contribution is 2.45. The fourth-order valence-corrected chi connectivity index (χ4v) is 11.8. The van der Waals surface area contributed by atoms with E-state index in [1.165, 1.54) is 89.9 Å². The first kappa shape index (κ1) is 90.8. The van der Waals surface area contributed by atoms with Gasteiger partial charge in [-0.15, -0.1) is 0 Å². The van der Waals surface area contributed by atoms with Gasteiger partial charge in [0.15, 0.2) is 12.2 Å². The first-order valence-electron chi connectivity index (χ1n) is 37.5. The molecule has 0 aliphatic heterocycles. The maximum absolute atomic E-state index is 13.0. The van der Waals surface area contributed by atoms with Crippen LogP contribution in [-0.4, -0.2) is 96.7 Å². The molecule has 0 amide bonds. The Morgan fingerprint density at radius 3 is 0.894 bits per heavy atom. The molecule has 19 heteroatoms. The number of rotatable bonds is 71. The Labute approximate surface area is 571 Å². The summed E-state index contributed by atoms with van der Waals surface area (Å²) in [5.74, 6) is -2.18. The number of carbonyl (C=O) groups excluding carboxylic acids is 4. The average Bonchev–Trinajstić information content (AvgIpc) is 1.32. The number of unbranched alkanes of at least 4 members (excludes halogenated alkanes) is 35. The molecule has 0 bridgehead atoms. The van der Waals surface area contributed by atoms with Gasteiger partial charge in [-0.2, -0.15) is 0 Å². The van der Waals surface area contributed by atoms with Crippen molar-refractivity contribution in [2.24, 2.45) is 0 Å². The zero-order valence-corrected chi connectivity index (χ0v) is 61.4. The molecule has 5 unspecified atom stereocenters. The molecular formula is C75H136O17P2. The number of phosphoric ester groups is 2. The van der Waals surface area contributed by atoms with Crippen LogP contribution in [0.3, 0.4) is 0 Å². The van der Waals surface area contributed by atoms with Gasteiger partial charge in [0.25, 0.3) is 0 Å². The zero-order chi connectivity index (χ0) is 69.0. The number of aliphatic hydroxyl groups is 1. The molecule has 0 spiro atoms. The Morgan fingerprint density at radius 1 is 0.309 bits per heavy atom. The predicted molar refractivity (Wildman–Crippen MR) is 381 cm³/mol. The van der Waals surface area contributed by atoms with E-state index < -0.39 is 97.5 Å². The number of esters is 4. The third kappa shape index (κ3) is 67.3. The van der Waals surface area contributed by atoms with Gasteiger partial charge in [-0.05, 0) is 103 Å². The van der Waals surface area contributed by atoms with E-state index in [1.807, 2.05) is 0 Å². The Hall–Kier alpha value is -3.24. The molecule has 0 aromatic carbocycles. The van der Waals surface area contributed by atoms with Crippen LogP contribution in [0, 0.1) is 0 Å². The van der Waals surface area contributed by atoms with Gasteiger partial charge in [0.1, 0.15) is 19.3 Å². The SMILES string of the molecule is CC/C=C\C/C=C\C/C=C\CCCCCCCCCC(=O)OCC(COP(=O)(O)OCC(O)COP(=O)(O)OCC(COC(=O)CCCCCCC/C=C\CCCCCCCC)OC(=O)CCCCCCCCCCCCC)OC(=O)CCCCCCC/C=C\CCCC. The minimum atomic E-state index is -4.97. The lowest BCUT2D eigenvalue weighted by atomic mass is 10.1. The monoisotopic (exact) mass is 1370 g/mol. The Bertz CT molecular complexity index is 2030. The van der Waals surface area contributed by atoms with Crippen molar-refractivity contribution < 1.29 is 80.2 Å². The summed E-state index contributed by atoms with van der Waals surface area (Å²) in [6.07, 6.45) is 65.1. The summed E-state index contributed by atoms with van der Waals surface area (Å²) in [6.45, 7) is 4.72. The summed E-state index contributed by atoms with van der Waals surface area (Å²) in [5, 5.41) is 10.6. The average molecular weight is 1370 g/mol. The molecule has 0 fully saturated rings. The van der Waals surface area contributed by atoms with Gasteiger partial charge >= 0.3 is 39.5 Å². The molecule has 94 heavy (non-hydrogen) atoms. The summed E-state index contributed by atoms with van der Waals surface area (Å²) in [6, 6.07) is 0. The summed E-state index contributed by atoms with van der Waals surface area (Å²) in [4.78, 5) is 72.7. The number of ether oxygens (including phenoxy) is 4. The molecule has 0 radical (unpaired) electrons. The van der Waals surface area contributed by atoms with Crippen LogP contribution in [-0.2, 0) is 65.4 Å². The molecule has 17 nitrogen and oxygen atoms in total. The van der Waals surface area contributed by atoms with Crippen molar-refractivity contribution in [3.63, 3.8) is 0 Å². The van der Waals surface area contributed by atoms with E-state index >= 15 is 0 Å². The fraction of sp³-hybridized carbons (Fsp3) is 0.813. The van der Waals surface area contributed by atoms with Crippen LogP contribution >= 0.6 is 15.6 Å². The maximum atomic E-state index is 13.0. The van der Waals surface area contributed by atoms with Crippen molar-refractivity contribution in [2.75, 3.05) is 39.6 Å². The number of hydrogen-bond acceptors (Lipinski definition) is 15. The normalized spacial score (nSPS) is 14.3. The maximum Gasteiger partial charge on any atom is 0.472 e. The van der Waals surface area contributed by atoms with Gasteiger partial charge < -0.3 is 33.8 Å². The summed E-state index contributed by atoms with van der Waals surface area (Å²) in [5.41, 5.74) is 0. The van der Waals surface area contributed by atoms with Crippen LogP contribution < -0.4 is 0 Å². The number of aliphatic hydroxyl groups excluding tert-OH is 1. The second-order valence-corrected chi connectivity index (χ2v) is 28.1. The second kappa shape index (κ2) is 68.3. The molecule has 0 heterocycles. The lowest BCUT2D eigenvalue weighted by Crippen LogP contribution is -2.30. The molecule has 5 atom stereocenters. The first-order valence-corrected chi connectivity index (χ1v) is 40.5. The molecule has 0 aromatic rings. The lowest BCUT2D eigenvalue weighted by molar-refractivity contribution is -0.161. The van der Waals surface area contributed by atoms with Crippen molar-refractivity contribution in [1.29, 1.82) is 0 Å². The molecule has 0 rings (SSSR count). The van der Waals surface area contributed by atoms with Crippen molar-refractivity contribution in [3.8, 4) is 0 Å². The van der Waals surface area contributed by atoms with Gasteiger partial charge in [-0.25, -0.2) is 9.13 Å². The van der Waals surface area contributed by atoms with Crippen LogP contribution in [0.15, 0.2) is 60.8 Å². The van der Waals surface area contributed by atoms with E-state index in [4.69, 9.17) is 37.0 Å². The molecule has 0 saturated carbocycles. The molecule has 0 aromatic heterocycles. The number of phosphoric acid groups is 2. The highest BCUT2D eigenvalue weighted by molar-refractivity contribution is 7.47. The van der Waals surface area contributed by atoms with E-state index in [2.05, 4.69) is 88.5 Å². The Morgan fingerprint density at radius 2 is 0.564 bits per heavy atom. The summed E-state index contributed by atoms with van der Waals surface area (Å²) < 4.78 is 68.3. The van der Waals surface area contributed by atoms with Crippen LogP contribution in [0.5, 0.6) is 0 Å². The summed E-state index contributed by atoms with van der Waals surface area (Å²) >= 11 is 0.